The highest BCUT2D eigenvalue weighted by molar-refractivity contribution is 5.89. The minimum atomic E-state index is -0.301. The van der Waals surface area contributed by atoms with Gasteiger partial charge in [0.2, 0.25) is 0 Å². The van der Waals surface area contributed by atoms with E-state index in [0.717, 1.165) is 18.6 Å². The molecule has 1 aromatic carbocycles. The van der Waals surface area contributed by atoms with Gasteiger partial charge in [-0.15, -0.1) is 0 Å². The third-order valence-corrected chi connectivity index (χ3v) is 2.80. The maximum atomic E-state index is 11.4. The molecule has 1 aliphatic carbocycles. The zero-order valence-corrected chi connectivity index (χ0v) is 9.89. The summed E-state index contributed by atoms with van der Waals surface area (Å²) in [6.07, 6.45) is 2.03. The number of carbonyl (C=O) groups excluding carboxylic acids is 1. The van der Waals surface area contributed by atoms with Crippen LogP contribution in [0, 0.1) is 0 Å². The molecule has 0 atom stereocenters. The SMILES string of the molecule is CCOC(=O)c1ccc(OC2CC(N)C2)cc1. The summed E-state index contributed by atoms with van der Waals surface area (Å²) in [5.41, 5.74) is 6.22. The number of benzene rings is 1. The Hall–Kier alpha value is -1.55. The molecule has 4 nitrogen and oxygen atoms in total. The summed E-state index contributed by atoms with van der Waals surface area (Å²) >= 11 is 0. The highest BCUT2D eigenvalue weighted by atomic mass is 16.5. The fourth-order valence-electron chi connectivity index (χ4n) is 1.78. The topological polar surface area (TPSA) is 61.5 Å². The first kappa shape index (κ1) is 11.9. The van der Waals surface area contributed by atoms with Crippen molar-refractivity contribution in [1.82, 2.24) is 0 Å². The highest BCUT2D eigenvalue weighted by Gasteiger charge is 2.27. The molecule has 17 heavy (non-hydrogen) atoms. The zero-order valence-electron chi connectivity index (χ0n) is 9.89. The van der Waals surface area contributed by atoms with Crippen molar-refractivity contribution in [3.63, 3.8) is 0 Å². The normalized spacial score (nSPS) is 22.7. The van der Waals surface area contributed by atoms with E-state index < -0.39 is 0 Å². The van der Waals surface area contributed by atoms with Crippen LogP contribution in [0.4, 0.5) is 0 Å². The maximum Gasteiger partial charge on any atom is 0.338 e. The van der Waals surface area contributed by atoms with Crippen LogP contribution in [0.2, 0.25) is 0 Å². The Morgan fingerprint density at radius 3 is 2.53 bits per heavy atom. The Morgan fingerprint density at radius 1 is 1.35 bits per heavy atom. The van der Waals surface area contributed by atoms with Crippen molar-refractivity contribution in [2.45, 2.75) is 31.9 Å². The van der Waals surface area contributed by atoms with E-state index >= 15 is 0 Å². The Balaban J connectivity index is 1.91. The predicted molar refractivity (Wildman–Crippen MR) is 64.0 cm³/mol. The Bertz CT molecular complexity index is 382. The molecule has 1 saturated carbocycles. The van der Waals surface area contributed by atoms with Gasteiger partial charge in [0.15, 0.2) is 0 Å². The molecule has 0 unspecified atom stereocenters. The number of esters is 1. The summed E-state index contributed by atoms with van der Waals surface area (Å²) in [6.45, 7) is 2.17. The lowest BCUT2D eigenvalue weighted by Crippen LogP contribution is -2.43. The van der Waals surface area contributed by atoms with Crippen LogP contribution in [0.15, 0.2) is 24.3 Å². The van der Waals surface area contributed by atoms with Gasteiger partial charge < -0.3 is 15.2 Å². The molecule has 1 aliphatic rings. The largest absolute Gasteiger partial charge is 0.490 e. The van der Waals surface area contributed by atoms with Gasteiger partial charge in [-0.25, -0.2) is 4.79 Å². The molecule has 4 heteroatoms. The molecular weight excluding hydrogens is 218 g/mol. The molecule has 1 fully saturated rings. The van der Waals surface area contributed by atoms with Crippen LogP contribution < -0.4 is 10.5 Å². The van der Waals surface area contributed by atoms with Crippen LogP contribution in [0.3, 0.4) is 0 Å². The van der Waals surface area contributed by atoms with Crippen molar-refractivity contribution in [3.8, 4) is 5.75 Å². The van der Waals surface area contributed by atoms with Crippen molar-refractivity contribution >= 4 is 5.97 Å². The van der Waals surface area contributed by atoms with Crippen molar-refractivity contribution in [3.05, 3.63) is 29.8 Å². The molecule has 1 aromatic rings. The minimum Gasteiger partial charge on any atom is -0.490 e. The number of hydrogen-bond acceptors (Lipinski definition) is 4. The van der Waals surface area contributed by atoms with Crippen LogP contribution >= 0.6 is 0 Å². The summed E-state index contributed by atoms with van der Waals surface area (Å²) in [5, 5.41) is 0. The van der Waals surface area contributed by atoms with E-state index in [9.17, 15) is 4.79 Å². The first-order valence-corrected chi connectivity index (χ1v) is 5.88. The lowest BCUT2D eigenvalue weighted by molar-refractivity contribution is 0.0526. The standard InChI is InChI=1S/C13H17NO3/c1-2-16-13(15)9-3-5-11(6-4-9)17-12-7-10(14)8-12/h3-6,10,12H,2,7-8,14H2,1H3. The Labute approximate surface area is 101 Å². The van der Waals surface area contributed by atoms with Gasteiger partial charge in [0, 0.05) is 6.04 Å². The van der Waals surface area contributed by atoms with Crippen molar-refractivity contribution < 1.29 is 14.3 Å². The Morgan fingerprint density at radius 2 is 2.00 bits per heavy atom. The van der Waals surface area contributed by atoms with E-state index in [2.05, 4.69) is 0 Å². The molecule has 0 radical (unpaired) electrons. The summed E-state index contributed by atoms with van der Waals surface area (Å²) in [4.78, 5) is 11.4. The molecular formula is C13H17NO3. The lowest BCUT2D eigenvalue weighted by atomic mass is 9.90. The second-order valence-corrected chi connectivity index (χ2v) is 4.22. The quantitative estimate of drug-likeness (QED) is 0.807. The fraction of sp³-hybridized carbons (Fsp3) is 0.462. The van der Waals surface area contributed by atoms with Gasteiger partial charge in [0.05, 0.1) is 12.2 Å². The van der Waals surface area contributed by atoms with Gasteiger partial charge in [-0.1, -0.05) is 0 Å². The van der Waals surface area contributed by atoms with Gasteiger partial charge in [-0.2, -0.15) is 0 Å². The summed E-state index contributed by atoms with van der Waals surface area (Å²) in [5.74, 6) is 0.472. The van der Waals surface area contributed by atoms with E-state index in [1.807, 2.05) is 0 Å². The highest BCUT2D eigenvalue weighted by Crippen LogP contribution is 2.24. The number of ether oxygens (including phenoxy) is 2. The zero-order chi connectivity index (χ0) is 12.3. The number of carbonyl (C=O) groups is 1. The fourth-order valence-corrected chi connectivity index (χ4v) is 1.78. The molecule has 0 bridgehead atoms. The monoisotopic (exact) mass is 235 g/mol. The molecule has 0 heterocycles. The minimum absolute atomic E-state index is 0.221. The van der Waals surface area contributed by atoms with Crippen LogP contribution in [-0.4, -0.2) is 24.7 Å². The predicted octanol–water partition coefficient (Wildman–Crippen LogP) is 1.73. The van der Waals surface area contributed by atoms with Gasteiger partial charge in [-0.05, 0) is 44.0 Å². The smallest absolute Gasteiger partial charge is 0.338 e. The van der Waals surface area contributed by atoms with Gasteiger partial charge in [-0.3, -0.25) is 0 Å². The molecule has 2 rings (SSSR count). The van der Waals surface area contributed by atoms with Crippen LogP contribution in [0.1, 0.15) is 30.1 Å². The maximum absolute atomic E-state index is 11.4. The molecule has 0 aromatic heterocycles. The third kappa shape index (κ3) is 2.97. The van der Waals surface area contributed by atoms with Gasteiger partial charge in [0.25, 0.3) is 0 Å². The van der Waals surface area contributed by atoms with E-state index in [1.54, 1.807) is 31.2 Å². The summed E-state index contributed by atoms with van der Waals surface area (Å²) in [7, 11) is 0. The second-order valence-electron chi connectivity index (χ2n) is 4.22. The van der Waals surface area contributed by atoms with Gasteiger partial charge in [0.1, 0.15) is 11.9 Å². The molecule has 0 aliphatic heterocycles. The Kier molecular flexibility index (Phi) is 3.64. The molecule has 0 spiro atoms. The summed E-state index contributed by atoms with van der Waals surface area (Å²) in [6, 6.07) is 7.28. The van der Waals surface area contributed by atoms with Crippen molar-refractivity contribution in [1.29, 1.82) is 0 Å². The molecule has 92 valence electrons. The number of rotatable bonds is 4. The van der Waals surface area contributed by atoms with E-state index in [-0.39, 0.29) is 18.1 Å². The first-order chi connectivity index (χ1) is 8.19. The van der Waals surface area contributed by atoms with Crippen LogP contribution in [0.5, 0.6) is 5.75 Å². The lowest BCUT2D eigenvalue weighted by Gasteiger charge is -2.32. The average molecular weight is 235 g/mol. The second kappa shape index (κ2) is 5.19. The van der Waals surface area contributed by atoms with E-state index in [0.29, 0.717) is 12.2 Å². The van der Waals surface area contributed by atoms with Crippen molar-refractivity contribution in [2.75, 3.05) is 6.61 Å². The van der Waals surface area contributed by atoms with Crippen molar-refractivity contribution in [2.24, 2.45) is 5.73 Å². The summed E-state index contributed by atoms with van der Waals surface area (Å²) < 4.78 is 10.6. The number of hydrogen-bond donors (Lipinski definition) is 1. The van der Waals surface area contributed by atoms with E-state index in [1.165, 1.54) is 0 Å². The number of nitrogens with two attached hydrogens (primary N) is 1. The van der Waals surface area contributed by atoms with Crippen LogP contribution in [-0.2, 0) is 4.74 Å². The van der Waals surface area contributed by atoms with E-state index in [4.69, 9.17) is 15.2 Å². The van der Waals surface area contributed by atoms with Gasteiger partial charge >= 0.3 is 5.97 Å². The van der Waals surface area contributed by atoms with Crippen LogP contribution in [0.25, 0.3) is 0 Å². The molecule has 2 N–H and O–H groups in total. The third-order valence-electron chi connectivity index (χ3n) is 2.80. The molecule has 0 amide bonds. The average Bonchev–Trinajstić information content (AvgIpc) is 2.28. The molecule has 0 saturated heterocycles. The first-order valence-electron chi connectivity index (χ1n) is 5.88.